The maximum Gasteiger partial charge on any atom is 0.356 e. The molecule has 8 nitrogen and oxygen atoms in total. The molecule has 3 rings (SSSR count). The van der Waals surface area contributed by atoms with Crippen molar-refractivity contribution in [2.75, 3.05) is 6.73 Å². The normalized spacial score (nSPS) is 44.8. The first-order valence-corrected chi connectivity index (χ1v) is 6.73. The van der Waals surface area contributed by atoms with Gasteiger partial charge in [0.25, 0.3) is 12.2 Å². The van der Waals surface area contributed by atoms with Crippen molar-refractivity contribution in [2.24, 2.45) is 10.7 Å². The van der Waals surface area contributed by atoms with Gasteiger partial charge >= 0.3 is 5.85 Å². The average molecular weight is 288 g/mol. The predicted octanol–water partition coefficient (Wildman–Crippen LogP) is -1.69. The molecule has 0 bridgehead atoms. The number of fused-ring (bicyclic) bond motifs is 1. The molecule has 0 aromatic carbocycles. The molecule has 0 radical (unpaired) electrons. The van der Waals surface area contributed by atoms with E-state index in [1.54, 1.807) is 0 Å². The van der Waals surface area contributed by atoms with Crippen LogP contribution in [-0.2, 0) is 4.79 Å². The lowest BCUT2D eigenvalue weighted by Crippen LogP contribution is -2.85. The number of aliphatic hydroxyl groups excluding tert-OH is 1. The number of nitrogens with two attached hydrogens (primary N) is 1. The van der Waals surface area contributed by atoms with Gasteiger partial charge in [-0.05, 0) is 17.5 Å². The summed E-state index contributed by atoms with van der Waals surface area (Å²) in [6, 6.07) is -1.50. The summed E-state index contributed by atoms with van der Waals surface area (Å²) in [4.78, 5) is 17.5. The lowest BCUT2D eigenvalue weighted by molar-refractivity contribution is -1.15. The van der Waals surface area contributed by atoms with E-state index in [1.807, 2.05) is 0 Å². The van der Waals surface area contributed by atoms with Crippen LogP contribution in [0.25, 0.3) is 0 Å². The molecule has 0 aromatic heterocycles. The number of hydrogen-bond acceptors (Lipinski definition) is 6. The molecule has 1 amide bonds. The van der Waals surface area contributed by atoms with Gasteiger partial charge in [0, 0.05) is 10.5 Å². The summed E-state index contributed by atoms with van der Waals surface area (Å²) in [6.45, 7) is -1.05. The maximum absolute atomic E-state index is 15.1. The Kier molecular flexibility index (Phi) is 2.98. The van der Waals surface area contributed by atoms with Gasteiger partial charge in [-0.2, -0.15) is 0 Å². The molecule has 112 valence electrons. The number of halogens is 1. The number of aliphatic imine (C=N–C) groups is 1. The Labute approximate surface area is 115 Å². The van der Waals surface area contributed by atoms with Crippen LogP contribution in [0.2, 0.25) is 0 Å². The van der Waals surface area contributed by atoms with Crippen molar-refractivity contribution in [3.05, 3.63) is 0 Å². The van der Waals surface area contributed by atoms with Gasteiger partial charge in [-0.3, -0.25) is 25.7 Å². The highest BCUT2D eigenvalue weighted by Crippen LogP contribution is 2.40. The minimum absolute atomic E-state index is 0.169. The number of carbonyl (C=O) groups is 1. The first-order chi connectivity index (χ1) is 9.45. The van der Waals surface area contributed by atoms with E-state index in [0.717, 1.165) is 32.0 Å². The number of hydrogen-bond donors (Lipinski definition) is 4. The second-order valence-corrected chi connectivity index (χ2v) is 5.56. The molecule has 2 heterocycles. The summed E-state index contributed by atoms with van der Waals surface area (Å²) in [5.74, 6) is -2.85. The number of carbonyl (C=O) groups excluding carboxylic acids is 1. The van der Waals surface area contributed by atoms with Crippen LogP contribution in [0.15, 0.2) is 4.99 Å². The Morgan fingerprint density at radius 3 is 2.85 bits per heavy atom. The topological polar surface area (TPSA) is 111 Å². The summed E-state index contributed by atoms with van der Waals surface area (Å²) in [5.41, 5.74) is 5.87. The lowest BCUT2D eigenvalue weighted by Gasteiger charge is -2.50. The van der Waals surface area contributed by atoms with Crippen LogP contribution in [0.5, 0.6) is 0 Å². The zero-order chi connectivity index (χ0) is 14.5. The summed E-state index contributed by atoms with van der Waals surface area (Å²) < 4.78 is 13.3. The molecule has 1 saturated heterocycles. The summed E-state index contributed by atoms with van der Waals surface area (Å²) in [7, 11) is 0. The van der Waals surface area contributed by atoms with Crippen molar-refractivity contribution < 1.29 is 24.2 Å². The van der Waals surface area contributed by atoms with Crippen molar-refractivity contribution in [1.29, 1.82) is 0 Å². The van der Waals surface area contributed by atoms with Gasteiger partial charge in [0.1, 0.15) is 0 Å². The smallest absolute Gasteiger partial charge is 0.344 e. The van der Waals surface area contributed by atoms with Crippen molar-refractivity contribution in [3.63, 3.8) is 0 Å². The van der Waals surface area contributed by atoms with Crippen LogP contribution in [0.3, 0.4) is 0 Å². The quantitative estimate of drug-likeness (QED) is 0.453. The summed E-state index contributed by atoms with van der Waals surface area (Å²) >= 11 is 0. The largest absolute Gasteiger partial charge is 0.356 e. The first kappa shape index (κ1) is 13.7. The van der Waals surface area contributed by atoms with Gasteiger partial charge in [-0.25, -0.2) is 0 Å². The zero-order valence-electron chi connectivity index (χ0n) is 10.9. The van der Waals surface area contributed by atoms with Crippen molar-refractivity contribution >= 4 is 12.2 Å². The standard InChI is InChI=1S/C11H19FN5O3/c12-17(6-18)10(13)16(7-3-1-2-4-7)9(19)8-11(17,20)15-5-14-8/h5,7-8,10,18,20H,1-4,6,13H2,(H,14,15)/q+1. The highest BCUT2D eigenvalue weighted by molar-refractivity contribution is 5.87. The molecule has 9 heteroatoms. The molecule has 0 spiro atoms. The lowest BCUT2D eigenvalue weighted by atomic mass is 10.0. The van der Waals surface area contributed by atoms with Crippen LogP contribution >= 0.6 is 0 Å². The fraction of sp³-hybridized carbons (Fsp3) is 0.818. The number of aliphatic hydroxyl groups is 2. The second-order valence-electron chi connectivity index (χ2n) is 5.56. The molecule has 5 N–H and O–H groups in total. The molecule has 2 fully saturated rings. The minimum atomic E-state index is -2.35. The highest BCUT2D eigenvalue weighted by atomic mass is 19.2. The van der Waals surface area contributed by atoms with Crippen molar-refractivity contribution in [2.45, 2.75) is 49.9 Å². The van der Waals surface area contributed by atoms with E-state index in [9.17, 15) is 15.0 Å². The van der Waals surface area contributed by atoms with E-state index >= 15 is 4.48 Å². The van der Waals surface area contributed by atoms with E-state index in [2.05, 4.69) is 10.3 Å². The molecule has 1 aliphatic carbocycles. The van der Waals surface area contributed by atoms with Crippen molar-refractivity contribution in [1.82, 2.24) is 10.2 Å². The second kappa shape index (κ2) is 4.35. The van der Waals surface area contributed by atoms with Gasteiger partial charge in [-0.15, -0.1) is 0 Å². The van der Waals surface area contributed by atoms with Crippen LogP contribution in [0.4, 0.5) is 4.48 Å². The van der Waals surface area contributed by atoms with Gasteiger partial charge in [-0.1, -0.05) is 12.8 Å². The van der Waals surface area contributed by atoms with E-state index in [4.69, 9.17) is 5.73 Å². The summed E-state index contributed by atoms with van der Waals surface area (Å²) in [5, 5.41) is 22.1. The van der Waals surface area contributed by atoms with E-state index in [-0.39, 0.29) is 6.04 Å². The molecule has 4 unspecified atom stereocenters. The minimum Gasteiger partial charge on any atom is -0.344 e. The number of quaternary nitrogens is 1. The van der Waals surface area contributed by atoms with Gasteiger partial charge < -0.3 is 10.2 Å². The number of rotatable bonds is 2. The van der Waals surface area contributed by atoms with Crippen molar-refractivity contribution in [3.8, 4) is 0 Å². The van der Waals surface area contributed by atoms with Crippen LogP contribution < -0.4 is 11.1 Å². The first-order valence-electron chi connectivity index (χ1n) is 6.73. The third-order valence-electron chi connectivity index (χ3n) is 4.57. The van der Waals surface area contributed by atoms with Gasteiger partial charge in [0.15, 0.2) is 0 Å². The number of nitrogens with zero attached hydrogens (tertiary/aromatic N) is 3. The van der Waals surface area contributed by atoms with E-state index in [0.29, 0.717) is 0 Å². The van der Waals surface area contributed by atoms with Gasteiger partial charge in [0.2, 0.25) is 12.8 Å². The molecule has 3 aliphatic rings. The monoisotopic (exact) mass is 288 g/mol. The Morgan fingerprint density at radius 2 is 2.25 bits per heavy atom. The van der Waals surface area contributed by atoms with Crippen LogP contribution in [-0.4, -0.2) is 63.0 Å². The SMILES string of the molecule is NC1N(C2CCCC2)C(=O)C2N=CNC2(O)[N+]1(F)CO. The Balaban J connectivity index is 2.02. The highest BCUT2D eigenvalue weighted by Gasteiger charge is 2.72. The molecule has 20 heavy (non-hydrogen) atoms. The summed E-state index contributed by atoms with van der Waals surface area (Å²) in [6.07, 6.45) is 2.99. The predicted molar refractivity (Wildman–Crippen MR) is 65.9 cm³/mol. The number of amides is 1. The Hall–Kier alpha value is -1.29. The third-order valence-corrected chi connectivity index (χ3v) is 4.57. The molecule has 2 aliphatic heterocycles. The Morgan fingerprint density at radius 1 is 1.60 bits per heavy atom. The number of nitrogens with one attached hydrogen (secondary N) is 1. The average Bonchev–Trinajstić information content (AvgIpc) is 3.07. The fourth-order valence-electron chi connectivity index (χ4n) is 3.38. The van der Waals surface area contributed by atoms with Crippen LogP contribution in [0, 0.1) is 0 Å². The maximum atomic E-state index is 15.1. The van der Waals surface area contributed by atoms with Crippen LogP contribution in [0.1, 0.15) is 25.7 Å². The Bertz CT molecular complexity index is 457. The molecular formula is C11H19FN5O3+. The third kappa shape index (κ3) is 1.48. The van der Waals surface area contributed by atoms with E-state index < -0.39 is 35.5 Å². The van der Waals surface area contributed by atoms with E-state index in [1.165, 1.54) is 4.90 Å². The molecule has 0 aromatic rings. The zero-order valence-corrected chi connectivity index (χ0v) is 10.9. The van der Waals surface area contributed by atoms with Gasteiger partial charge in [0.05, 0.1) is 6.34 Å². The molecule has 1 saturated carbocycles. The fourth-order valence-corrected chi connectivity index (χ4v) is 3.38. The molecule has 4 atom stereocenters. The molecular weight excluding hydrogens is 269 g/mol.